The largest absolute Gasteiger partial charge is 0.338 e. The van der Waals surface area contributed by atoms with Crippen LogP contribution in [0.1, 0.15) is 45.2 Å². The molecule has 2 amide bonds. The summed E-state index contributed by atoms with van der Waals surface area (Å²) in [6.07, 6.45) is 2.17. The molecule has 0 bridgehead atoms. The molecule has 0 heterocycles. The Morgan fingerprint density at radius 1 is 1.21 bits per heavy atom. The number of rotatable bonds is 6. The summed E-state index contributed by atoms with van der Waals surface area (Å²) in [7, 11) is 0. The monoisotopic (exact) mass is 326 g/mol. The van der Waals surface area contributed by atoms with Crippen LogP contribution in [0.25, 0.3) is 0 Å². The van der Waals surface area contributed by atoms with Gasteiger partial charge < -0.3 is 10.6 Å². The normalized spacial score (nSPS) is 12.3. The molecule has 0 spiro atoms. The van der Waals surface area contributed by atoms with Crippen molar-refractivity contribution in [2.75, 3.05) is 6.54 Å². The lowest BCUT2D eigenvalue weighted by atomic mass is 10.1. The van der Waals surface area contributed by atoms with E-state index in [1.54, 1.807) is 0 Å². The number of benzene rings is 1. The number of hydrogen-bond acceptors (Lipinski definition) is 1. The second-order valence-electron chi connectivity index (χ2n) is 5.21. The average Bonchev–Trinajstić information content (AvgIpc) is 2.35. The van der Waals surface area contributed by atoms with Crippen LogP contribution < -0.4 is 10.6 Å². The number of amides is 2. The summed E-state index contributed by atoms with van der Waals surface area (Å²) in [5.41, 5.74) is 1.10. The van der Waals surface area contributed by atoms with Crippen molar-refractivity contribution in [1.82, 2.24) is 10.6 Å². The van der Waals surface area contributed by atoms with Crippen LogP contribution in [0.5, 0.6) is 0 Å². The molecule has 19 heavy (non-hydrogen) atoms. The Morgan fingerprint density at radius 3 is 2.42 bits per heavy atom. The highest BCUT2D eigenvalue weighted by atomic mass is 79.9. The molecule has 0 fully saturated rings. The number of carbonyl (C=O) groups excluding carboxylic acids is 1. The number of carbonyl (C=O) groups is 1. The minimum absolute atomic E-state index is 0.0122. The minimum Gasteiger partial charge on any atom is -0.338 e. The summed E-state index contributed by atoms with van der Waals surface area (Å²) in [6, 6.07) is 7.89. The van der Waals surface area contributed by atoms with Gasteiger partial charge in [-0.15, -0.1) is 0 Å². The van der Waals surface area contributed by atoms with E-state index in [9.17, 15) is 4.79 Å². The molecule has 0 aliphatic carbocycles. The third kappa shape index (κ3) is 6.62. The molecule has 0 unspecified atom stereocenters. The molecule has 3 nitrogen and oxygen atoms in total. The van der Waals surface area contributed by atoms with Gasteiger partial charge in [-0.25, -0.2) is 4.79 Å². The van der Waals surface area contributed by atoms with Gasteiger partial charge in [-0.3, -0.25) is 0 Å². The number of urea groups is 1. The van der Waals surface area contributed by atoms with E-state index in [-0.39, 0.29) is 12.1 Å². The van der Waals surface area contributed by atoms with Crippen molar-refractivity contribution in [3.05, 3.63) is 34.3 Å². The van der Waals surface area contributed by atoms with Gasteiger partial charge in [-0.2, -0.15) is 0 Å². The maximum atomic E-state index is 11.7. The summed E-state index contributed by atoms with van der Waals surface area (Å²) in [6.45, 7) is 7.10. The van der Waals surface area contributed by atoms with Crippen LogP contribution in [-0.2, 0) is 0 Å². The van der Waals surface area contributed by atoms with E-state index in [4.69, 9.17) is 0 Å². The second kappa shape index (κ2) is 8.20. The van der Waals surface area contributed by atoms with Crippen molar-refractivity contribution < 1.29 is 4.79 Å². The lowest BCUT2D eigenvalue weighted by molar-refractivity contribution is 0.237. The Morgan fingerprint density at radius 2 is 1.84 bits per heavy atom. The molecule has 1 aromatic carbocycles. The highest BCUT2D eigenvalue weighted by Gasteiger charge is 2.08. The average molecular weight is 327 g/mol. The van der Waals surface area contributed by atoms with E-state index in [1.165, 1.54) is 0 Å². The van der Waals surface area contributed by atoms with Crippen molar-refractivity contribution in [3.8, 4) is 0 Å². The van der Waals surface area contributed by atoms with Crippen LogP contribution in [-0.4, -0.2) is 12.6 Å². The zero-order valence-electron chi connectivity index (χ0n) is 11.9. The molecular weight excluding hydrogens is 304 g/mol. The first-order valence-electron chi connectivity index (χ1n) is 6.79. The van der Waals surface area contributed by atoms with Crippen molar-refractivity contribution in [1.29, 1.82) is 0 Å². The van der Waals surface area contributed by atoms with E-state index in [2.05, 4.69) is 40.4 Å². The molecule has 1 aromatic rings. The smallest absolute Gasteiger partial charge is 0.315 e. The van der Waals surface area contributed by atoms with Crippen LogP contribution in [0, 0.1) is 5.92 Å². The molecule has 0 radical (unpaired) electrons. The topological polar surface area (TPSA) is 41.1 Å². The molecule has 1 rings (SSSR count). The Kier molecular flexibility index (Phi) is 6.92. The highest BCUT2D eigenvalue weighted by Crippen LogP contribution is 2.16. The van der Waals surface area contributed by atoms with Crippen molar-refractivity contribution in [2.45, 2.75) is 39.7 Å². The highest BCUT2D eigenvalue weighted by molar-refractivity contribution is 9.10. The van der Waals surface area contributed by atoms with Gasteiger partial charge in [-0.05, 0) is 43.4 Å². The summed E-state index contributed by atoms with van der Waals surface area (Å²) in [5.74, 6) is 0.687. The third-order valence-corrected chi connectivity index (χ3v) is 3.49. The molecule has 0 aromatic heterocycles. The van der Waals surface area contributed by atoms with Crippen LogP contribution in [0.4, 0.5) is 4.79 Å². The predicted octanol–water partition coefficient (Wildman–Crippen LogP) is 4.25. The van der Waals surface area contributed by atoms with E-state index >= 15 is 0 Å². The summed E-state index contributed by atoms with van der Waals surface area (Å²) in [4.78, 5) is 11.7. The van der Waals surface area contributed by atoms with E-state index in [0.717, 1.165) is 29.4 Å². The molecule has 0 aliphatic heterocycles. The SMILES string of the molecule is CC(C)CCCNC(=O)N[C@H](C)c1ccc(Br)cc1. The molecular formula is C15H23BrN2O. The zero-order chi connectivity index (χ0) is 14.3. The zero-order valence-corrected chi connectivity index (χ0v) is 13.5. The number of halogens is 1. The first-order valence-corrected chi connectivity index (χ1v) is 7.58. The van der Waals surface area contributed by atoms with Crippen LogP contribution in [0.3, 0.4) is 0 Å². The predicted molar refractivity (Wildman–Crippen MR) is 83.2 cm³/mol. The first kappa shape index (κ1) is 16.0. The van der Waals surface area contributed by atoms with Gasteiger partial charge in [0.2, 0.25) is 0 Å². The molecule has 0 saturated heterocycles. The Hall–Kier alpha value is -1.03. The van der Waals surface area contributed by atoms with Gasteiger partial charge in [0.05, 0.1) is 6.04 Å². The van der Waals surface area contributed by atoms with Gasteiger partial charge >= 0.3 is 6.03 Å². The summed E-state index contributed by atoms with van der Waals surface area (Å²) in [5, 5.41) is 5.83. The summed E-state index contributed by atoms with van der Waals surface area (Å²) >= 11 is 3.40. The van der Waals surface area contributed by atoms with Gasteiger partial charge in [0.15, 0.2) is 0 Å². The summed E-state index contributed by atoms with van der Waals surface area (Å²) < 4.78 is 1.04. The van der Waals surface area contributed by atoms with Gasteiger partial charge in [0, 0.05) is 11.0 Å². The molecule has 0 aliphatic rings. The molecule has 2 N–H and O–H groups in total. The fourth-order valence-corrected chi connectivity index (χ4v) is 2.06. The van der Waals surface area contributed by atoms with Crippen LogP contribution >= 0.6 is 15.9 Å². The Balaban J connectivity index is 2.29. The van der Waals surface area contributed by atoms with Gasteiger partial charge in [-0.1, -0.05) is 41.9 Å². The molecule has 106 valence electrons. The lowest BCUT2D eigenvalue weighted by Crippen LogP contribution is -2.37. The Bertz CT molecular complexity index is 390. The van der Waals surface area contributed by atoms with Gasteiger partial charge in [0.25, 0.3) is 0 Å². The third-order valence-electron chi connectivity index (χ3n) is 2.96. The Labute approximate surface area is 124 Å². The van der Waals surface area contributed by atoms with Crippen molar-refractivity contribution in [2.24, 2.45) is 5.92 Å². The first-order chi connectivity index (χ1) is 8.99. The van der Waals surface area contributed by atoms with E-state index in [1.807, 2.05) is 31.2 Å². The molecule has 4 heteroatoms. The van der Waals surface area contributed by atoms with E-state index in [0.29, 0.717) is 5.92 Å². The lowest BCUT2D eigenvalue weighted by Gasteiger charge is -2.15. The number of hydrogen-bond donors (Lipinski definition) is 2. The van der Waals surface area contributed by atoms with Gasteiger partial charge in [0.1, 0.15) is 0 Å². The quantitative estimate of drug-likeness (QED) is 0.754. The maximum absolute atomic E-state index is 11.7. The minimum atomic E-state index is -0.0980. The fourth-order valence-electron chi connectivity index (χ4n) is 1.79. The van der Waals surface area contributed by atoms with Crippen molar-refractivity contribution in [3.63, 3.8) is 0 Å². The molecule has 1 atom stereocenters. The fraction of sp³-hybridized carbons (Fsp3) is 0.533. The second-order valence-corrected chi connectivity index (χ2v) is 6.13. The standard InChI is InChI=1S/C15H23BrN2O/c1-11(2)5-4-10-17-15(19)18-12(3)13-6-8-14(16)9-7-13/h6-9,11-12H,4-5,10H2,1-3H3,(H2,17,18,19)/t12-/m1/s1. The molecule has 0 saturated carbocycles. The number of nitrogens with one attached hydrogen (secondary N) is 2. The van der Waals surface area contributed by atoms with E-state index < -0.39 is 0 Å². The maximum Gasteiger partial charge on any atom is 0.315 e. The van der Waals surface area contributed by atoms with Crippen LogP contribution in [0.2, 0.25) is 0 Å². The van der Waals surface area contributed by atoms with Crippen molar-refractivity contribution >= 4 is 22.0 Å². The van der Waals surface area contributed by atoms with Crippen LogP contribution in [0.15, 0.2) is 28.7 Å².